The highest BCUT2D eigenvalue weighted by Crippen LogP contribution is 2.26. The molecule has 0 amide bonds. The summed E-state index contributed by atoms with van der Waals surface area (Å²) in [4.78, 5) is 5.23. The van der Waals surface area contributed by atoms with Crippen molar-refractivity contribution in [2.75, 3.05) is 32.7 Å². The van der Waals surface area contributed by atoms with E-state index in [1.54, 1.807) is 0 Å². The van der Waals surface area contributed by atoms with Gasteiger partial charge in [-0.1, -0.05) is 0 Å². The van der Waals surface area contributed by atoms with Crippen molar-refractivity contribution in [1.29, 1.82) is 0 Å². The van der Waals surface area contributed by atoms with Crippen molar-refractivity contribution >= 4 is 0 Å². The first-order valence-corrected chi connectivity index (χ1v) is 6.03. The van der Waals surface area contributed by atoms with Crippen LogP contribution in [0.3, 0.4) is 0 Å². The van der Waals surface area contributed by atoms with Crippen LogP contribution in [0.1, 0.15) is 33.6 Å². The van der Waals surface area contributed by atoms with Gasteiger partial charge in [0.05, 0.1) is 0 Å². The van der Waals surface area contributed by atoms with Gasteiger partial charge in [0.25, 0.3) is 0 Å². The fourth-order valence-electron chi connectivity index (χ4n) is 2.56. The standard InChI is InChI=1S/C12H24N2/c1-12(2,3)14-9-11(10-14)8-13-6-4-5-7-13/h11H,4-10H2,1-3H3. The van der Waals surface area contributed by atoms with Crippen LogP contribution in [0.15, 0.2) is 0 Å². The van der Waals surface area contributed by atoms with E-state index in [0.717, 1.165) is 5.92 Å². The predicted molar refractivity (Wildman–Crippen MR) is 60.5 cm³/mol. The Hall–Kier alpha value is -0.0800. The zero-order valence-electron chi connectivity index (χ0n) is 9.92. The second-order valence-corrected chi connectivity index (χ2v) is 5.95. The third kappa shape index (κ3) is 2.29. The number of hydrogen-bond donors (Lipinski definition) is 0. The molecule has 2 rings (SSSR count). The van der Waals surface area contributed by atoms with Crippen molar-refractivity contribution in [3.05, 3.63) is 0 Å². The molecule has 82 valence electrons. The Kier molecular flexibility index (Phi) is 2.85. The number of rotatable bonds is 2. The van der Waals surface area contributed by atoms with Gasteiger partial charge in [0.15, 0.2) is 0 Å². The Bertz CT molecular complexity index is 183. The normalized spacial score (nSPS) is 26.8. The van der Waals surface area contributed by atoms with Gasteiger partial charge in [-0.05, 0) is 52.6 Å². The van der Waals surface area contributed by atoms with Gasteiger partial charge >= 0.3 is 0 Å². The number of hydrogen-bond acceptors (Lipinski definition) is 2. The maximum atomic E-state index is 2.64. The van der Waals surface area contributed by atoms with E-state index in [1.807, 2.05) is 0 Å². The van der Waals surface area contributed by atoms with Crippen LogP contribution < -0.4 is 0 Å². The molecule has 0 aliphatic carbocycles. The Labute approximate surface area is 88.3 Å². The first-order chi connectivity index (χ1) is 6.55. The summed E-state index contributed by atoms with van der Waals surface area (Å²) >= 11 is 0. The second kappa shape index (κ2) is 3.82. The molecule has 0 spiro atoms. The third-order valence-electron chi connectivity index (χ3n) is 3.62. The number of likely N-dealkylation sites (tertiary alicyclic amines) is 2. The molecular formula is C12H24N2. The monoisotopic (exact) mass is 196 g/mol. The third-order valence-corrected chi connectivity index (χ3v) is 3.62. The smallest absolute Gasteiger partial charge is 0.0125 e. The Morgan fingerprint density at radius 3 is 2.14 bits per heavy atom. The highest BCUT2D eigenvalue weighted by Gasteiger charge is 2.35. The summed E-state index contributed by atoms with van der Waals surface area (Å²) in [5.41, 5.74) is 0.390. The average molecular weight is 196 g/mol. The molecule has 0 N–H and O–H groups in total. The van der Waals surface area contributed by atoms with Gasteiger partial charge in [-0.15, -0.1) is 0 Å². The lowest BCUT2D eigenvalue weighted by Gasteiger charge is -2.48. The molecule has 0 radical (unpaired) electrons. The molecule has 0 aromatic carbocycles. The largest absolute Gasteiger partial charge is 0.303 e. The van der Waals surface area contributed by atoms with Crippen molar-refractivity contribution in [2.24, 2.45) is 5.92 Å². The molecule has 0 aromatic heterocycles. The molecular weight excluding hydrogens is 172 g/mol. The molecule has 2 aliphatic rings. The quantitative estimate of drug-likeness (QED) is 0.664. The number of nitrogens with zero attached hydrogens (tertiary/aromatic N) is 2. The van der Waals surface area contributed by atoms with Crippen LogP contribution in [0.4, 0.5) is 0 Å². The first-order valence-electron chi connectivity index (χ1n) is 6.03. The first kappa shape index (κ1) is 10.4. The fraction of sp³-hybridized carbons (Fsp3) is 1.00. The highest BCUT2D eigenvalue weighted by molar-refractivity contribution is 4.90. The van der Waals surface area contributed by atoms with Crippen molar-refractivity contribution in [2.45, 2.75) is 39.2 Å². The summed E-state index contributed by atoms with van der Waals surface area (Å²) in [5.74, 6) is 0.951. The van der Waals surface area contributed by atoms with Gasteiger partial charge in [0.1, 0.15) is 0 Å². The van der Waals surface area contributed by atoms with Gasteiger partial charge in [-0.2, -0.15) is 0 Å². The molecule has 0 atom stereocenters. The van der Waals surface area contributed by atoms with Gasteiger partial charge in [-0.3, -0.25) is 4.90 Å². The van der Waals surface area contributed by atoms with Crippen LogP contribution in [0, 0.1) is 5.92 Å². The SMILES string of the molecule is CC(C)(C)N1CC(CN2CCCC2)C1. The molecule has 0 aromatic rings. The van der Waals surface area contributed by atoms with Crippen LogP contribution in [0.25, 0.3) is 0 Å². The van der Waals surface area contributed by atoms with Crippen LogP contribution in [-0.2, 0) is 0 Å². The lowest BCUT2D eigenvalue weighted by atomic mass is 9.92. The maximum Gasteiger partial charge on any atom is 0.0125 e. The highest BCUT2D eigenvalue weighted by atomic mass is 15.3. The van der Waals surface area contributed by atoms with Crippen molar-refractivity contribution in [3.63, 3.8) is 0 Å². The molecule has 2 heteroatoms. The summed E-state index contributed by atoms with van der Waals surface area (Å²) in [6, 6.07) is 0. The predicted octanol–water partition coefficient (Wildman–Crippen LogP) is 1.81. The zero-order valence-corrected chi connectivity index (χ0v) is 9.92. The van der Waals surface area contributed by atoms with Crippen LogP contribution in [0.2, 0.25) is 0 Å². The second-order valence-electron chi connectivity index (χ2n) is 5.95. The Morgan fingerprint density at radius 1 is 1.07 bits per heavy atom. The van der Waals surface area contributed by atoms with Crippen molar-refractivity contribution in [1.82, 2.24) is 9.80 Å². The van der Waals surface area contributed by atoms with Crippen LogP contribution >= 0.6 is 0 Å². The summed E-state index contributed by atoms with van der Waals surface area (Å²) in [6.45, 7) is 13.7. The summed E-state index contributed by atoms with van der Waals surface area (Å²) in [7, 11) is 0. The van der Waals surface area contributed by atoms with E-state index in [-0.39, 0.29) is 0 Å². The molecule has 14 heavy (non-hydrogen) atoms. The van der Waals surface area contributed by atoms with E-state index in [1.165, 1.54) is 45.6 Å². The van der Waals surface area contributed by atoms with E-state index in [9.17, 15) is 0 Å². The molecule has 0 bridgehead atoms. The Morgan fingerprint density at radius 2 is 1.64 bits per heavy atom. The van der Waals surface area contributed by atoms with Gasteiger partial charge < -0.3 is 4.90 Å². The van der Waals surface area contributed by atoms with E-state index in [2.05, 4.69) is 30.6 Å². The van der Waals surface area contributed by atoms with Crippen LogP contribution in [0.5, 0.6) is 0 Å². The van der Waals surface area contributed by atoms with E-state index in [4.69, 9.17) is 0 Å². The lowest BCUT2D eigenvalue weighted by molar-refractivity contribution is 0.00107. The fourth-order valence-corrected chi connectivity index (χ4v) is 2.56. The minimum absolute atomic E-state index is 0.390. The minimum Gasteiger partial charge on any atom is -0.303 e. The molecule has 0 unspecified atom stereocenters. The molecule has 0 saturated carbocycles. The summed E-state index contributed by atoms with van der Waals surface area (Å²) in [5, 5.41) is 0. The average Bonchev–Trinajstić information content (AvgIpc) is 2.44. The van der Waals surface area contributed by atoms with Crippen molar-refractivity contribution < 1.29 is 0 Å². The van der Waals surface area contributed by atoms with Gasteiger partial charge in [0.2, 0.25) is 0 Å². The van der Waals surface area contributed by atoms with E-state index < -0.39 is 0 Å². The topological polar surface area (TPSA) is 6.48 Å². The Balaban J connectivity index is 1.67. The van der Waals surface area contributed by atoms with Gasteiger partial charge in [-0.25, -0.2) is 0 Å². The zero-order chi connectivity index (χ0) is 10.2. The molecule has 2 aliphatic heterocycles. The van der Waals surface area contributed by atoms with Crippen LogP contribution in [-0.4, -0.2) is 48.1 Å². The summed E-state index contributed by atoms with van der Waals surface area (Å²) in [6.07, 6.45) is 2.85. The van der Waals surface area contributed by atoms with E-state index >= 15 is 0 Å². The molecule has 2 saturated heterocycles. The molecule has 2 nitrogen and oxygen atoms in total. The van der Waals surface area contributed by atoms with Gasteiger partial charge in [0, 0.05) is 25.2 Å². The van der Waals surface area contributed by atoms with E-state index in [0.29, 0.717) is 5.54 Å². The molecule has 2 heterocycles. The summed E-state index contributed by atoms with van der Waals surface area (Å²) < 4.78 is 0. The van der Waals surface area contributed by atoms with Crippen molar-refractivity contribution in [3.8, 4) is 0 Å². The maximum absolute atomic E-state index is 2.64. The molecule has 2 fully saturated rings. The lowest BCUT2D eigenvalue weighted by Crippen LogP contribution is -2.58. The minimum atomic E-state index is 0.390.